The molecule has 1 aliphatic rings. The molecule has 2 aromatic rings. The third kappa shape index (κ3) is 3.08. The van der Waals surface area contributed by atoms with Crippen molar-refractivity contribution in [1.29, 1.82) is 5.41 Å². The summed E-state index contributed by atoms with van der Waals surface area (Å²) < 4.78 is 0. The van der Waals surface area contributed by atoms with Gasteiger partial charge in [0.15, 0.2) is 0 Å². The Labute approximate surface area is 128 Å². The van der Waals surface area contributed by atoms with Gasteiger partial charge in [0.05, 0.1) is 5.52 Å². The van der Waals surface area contributed by atoms with Crippen molar-refractivity contribution >= 4 is 34.7 Å². The van der Waals surface area contributed by atoms with Crippen LogP contribution >= 0.6 is 11.8 Å². The SMILES string of the molecule is CSc1ccc2ncnc(NC3CC=C(CC=N)C3)c2c1. The summed E-state index contributed by atoms with van der Waals surface area (Å²) in [6.07, 6.45) is 10.1. The lowest BCUT2D eigenvalue weighted by Gasteiger charge is -2.15. The van der Waals surface area contributed by atoms with Crippen LogP contribution in [0.25, 0.3) is 10.9 Å². The van der Waals surface area contributed by atoms with E-state index in [-0.39, 0.29) is 0 Å². The number of anilines is 1. The van der Waals surface area contributed by atoms with Gasteiger partial charge in [0, 0.05) is 22.7 Å². The maximum absolute atomic E-state index is 7.20. The van der Waals surface area contributed by atoms with E-state index in [1.807, 2.05) is 6.07 Å². The fourth-order valence-corrected chi connectivity index (χ4v) is 3.11. The highest BCUT2D eigenvalue weighted by Crippen LogP contribution is 2.28. The van der Waals surface area contributed by atoms with Crippen LogP contribution in [0.5, 0.6) is 0 Å². The van der Waals surface area contributed by atoms with Crippen LogP contribution in [0.4, 0.5) is 5.82 Å². The highest BCUT2D eigenvalue weighted by molar-refractivity contribution is 7.98. The lowest BCUT2D eigenvalue weighted by atomic mass is 10.1. The number of hydrogen-bond acceptors (Lipinski definition) is 5. The van der Waals surface area contributed by atoms with Crippen molar-refractivity contribution in [2.45, 2.75) is 30.2 Å². The molecule has 1 unspecified atom stereocenters. The van der Waals surface area contributed by atoms with Gasteiger partial charge in [0.1, 0.15) is 12.1 Å². The molecule has 1 heterocycles. The van der Waals surface area contributed by atoms with E-state index in [1.165, 1.54) is 16.7 Å². The summed E-state index contributed by atoms with van der Waals surface area (Å²) in [5.74, 6) is 0.908. The number of fused-ring (bicyclic) bond motifs is 1. The molecule has 0 aliphatic heterocycles. The number of hydrogen-bond donors (Lipinski definition) is 2. The third-order valence-electron chi connectivity index (χ3n) is 3.75. The predicted octanol–water partition coefficient (Wildman–Crippen LogP) is 3.89. The van der Waals surface area contributed by atoms with E-state index in [2.05, 4.69) is 39.7 Å². The summed E-state index contributed by atoms with van der Waals surface area (Å²) in [7, 11) is 0. The molecule has 0 spiro atoms. The number of thioether (sulfide) groups is 1. The number of nitrogens with zero attached hydrogens (tertiary/aromatic N) is 2. The maximum Gasteiger partial charge on any atom is 0.137 e. The van der Waals surface area contributed by atoms with E-state index in [4.69, 9.17) is 5.41 Å². The second-order valence-corrected chi connectivity index (χ2v) is 6.04. The quantitative estimate of drug-likeness (QED) is 0.499. The predicted molar refractivity (Wildman–Crippen MR) is 89.4 cm³/mol. The number of aromatic nitrogens is 2. The fraction of sp³-hybridized carbons (Fsp3) is 0.312. The average Bonchev–Trinajstić information content (AvgIpc) is 2.95. The van der Waals surface area contributed by atoms with Gasteiger partial charge in [-0.3, -0.25) is 0 Å². The smallest absolute Gasteiger partial charge is 0.137 e. The molecule has 0 saturated carbocycles. The van der Waals surface area contributed by atoms with Crippen molar-refractivity contribution in [3.05, 3.63) is 36.2 Å². The highest BCUT2D eigenvalue weighted by atomic mass is 32.2. The molecule has 0 amide bonds. The molecule has 1 aromatic heterocycles. The molecule has 1 aliphatic carbocycles. The molecular formula is C16H18N4S. The van der Waals surface area contributed by atoms with Gasteiger partial charge in [0.2, 0.25) is 0 Å². The second kappa shape index (κ2) is 6.26. The lowest BCUT2D eigenvalue weighted by Crippen LogP contribution is -2.17. The number of benzene rings is 1. The van der Waals surface area contributed by atoms with Gasteiger partial charge >= 0.3 is 0 Å². The Morgan fingerprint density at radius 2 is 2.33 bits per heavy atom. The monoisotopic (exact) mass is 298 g/mol. The van der Waals surface area contributed by atoms with Crippen molar-refractivity contribution in [1.82, 2.24) is 9.97 Å². The van der Waals surface area contributed by atoms with E-state index >= 15 is 0 Å². The normalized spacial score (nSPS) is 17.8. The largest absolute Gasteiger partial charge is 0.366 e. The van der Waals surface area contributed by atoms with E-state index in [0.29, 0.717) is 6.04 Å². The van der Waals surface area contributed by atoms with Crippen LogP contribution in [0.1, 0.15) is 19.3 Å². The minimum absolute atomic E-state index is 0.371. The van der Waals surface area contributed by atoms with Crippen LogP contribution in [-0.4, -0.2) is 28.5 Å². The van der Waals surface area contributed by atoms with Gasteiger partial charge in [-0.2, -0.15) is 0 Å². The molecular weight excluding hydrogens is 280 g/mol. The van der Waals surface area contributed by atoms with Crippen LogP contribution in [0.2, 0.25) is 0 Å². The van der Waals surface area contributed by atoms with Crippen molar-refractivity contribution < 1.29 is 0 Å². The molecule has 5 heteroatoms. The van der Waals surface area contributed by atoms with Crippen LogP contribution in [-0.2, 0) is 0 Å². The van der Waals surface area contributed by atoms with Crippen molar-refractivity contribution in [3.8, 4) is 0 Å². The first-order valence-electron chi connectivity index (χ1n) is 7.02. The van der Waals surface area contributed by atoms with Gasteiger partial charge in [0.25, 0.3) is 0 Å². The molecule has 108 valence electrons. The number of nitrogens with one attached hydrogen (secondary N) is 2. The standard InChI is InChI=1S/C16H18N4S/c1-21-13-4-5-15-14(9-13)16(19-10-18-15)20-12-3-2-11(8-12)6-7-17/h2,4-5,7,9-10,12,17H,3,6,8H2,1H3,(H,18,19,20). The average molecular weight is 298 g/mol. The lowest BCUT2D eigenvalue weighted by molar-refractivity contribution is 0.765. The van der Waals surface area contributed by atoms with E-state index < -0.39 is 0 Å². The minimum Gasteiger partial charge on any atom is -0.366 e. The molecule has 0 bridgehead atoms. The molecule has 21 heavy (non-hydrogen) atoms. The van der Waals surface area contributed by atoms with E-state index in [0.717, 1.165) is 36.0 Å². The van der Waals surface area contributed by atoms with Gasteiger partial charge < -0.3 is 10.7 Å². The van der Waals surface area contributed by atoms with Gasteiger partial charge in [-0.1, -0.05) is 11.6 Å². The van der Waals surface area contributed by atoms with Gasteiger partial charge in [-0.25, -0.2) is 9.97 Å². The summed E-state index contributed by atoms with van der Waals surface area (Å²) in [5, 5.41) is 11.8. The van der Waals surface area contributed by atoms with E-state index in [1.54, 1.807) is 18.1 Å². The first-order valence-corrected chi connectivity index (χ1v) is 8.24. The number of rotatable bonds is 5. The van der Waals surface area contributed by atoms with Crippen molar-refractivity contribution in [2.24, 2.45) is 0 Å². The van der Waals surface area contributed by atoms with Crippen LogP contribution in [0.3, 0.4) is 0 Å². The van der Waals surface area contributed by atoms with Gasteiger partial charge in [-0.05, 0) is 43.5 Å². The summed E-state index contributed by atoms with van der Waals surface area (Å²) in [4.78, 5) is 9.97. The van der Waals surface area contributed by atoms with E-state index in [9.17, 15) is 0 Å². The van der Waals surface area contributed by atoms with Crippen LogP contribution in [0, 0.1) is 5.41 Å². The van der Waals surface area contributed by atoms with Crippen molar-refractivity contribution in [3.63, 3.8) is 0 Å². The minimum atomic E-state index is 0.371. The Bertz CT molecular complexity index is 696. The Kier molecular flexibility index (Phi) is 4.20. The highest BCUT2D eigenvalue weighted by Gasteiger charge is 2.17. The van der Waals surface area contributed by atoms with Crippen molar-refractivity contribution in [2.75, 3.05) is 11.6 Å². The Balaban J connectivity index is 1.83. The third-order valence-corrected chi connectivity index (χ3v) is 4.47. The topological polar surface area (TPSA) is 61.7 Å². The summed E-state index contributed by atoms with van der Waals surface area (Å²) >= 11 is 1.72. The Morgan fingerprint density at radius 3 is 3.14 bits per heavy atom. The van der Waals surface area contributed by atoms with Gasteiger partial charge in [-0.15, -0.1) is 11.8 Å². The summed E-state index contributed by atoms with van der Waals surface area (Å²) in [5.41, 5.74) is 2.31. The summed E-state index contributed by atoms with van der Waals surface area (Å²) in [6, 6.07) is 6.64. The Hall–Kier alpha value is -1.88. The van der Waals surface area contributed by atoms with Crippen LogP contribution < -0.4 is 5.32 Å². The zero-order chi connectivity index (χ0) is 14.7. The zero-order valence-corrected chi connectivity index (χ0v) is 12.8. The molecule has 3 rings (SSSR count). The maximum atomic E-state index is 7.20. The molecule has 0 saturated heterocycles. The summed E-state index contributed by atoms with van der Waals surface area (Å²) in [6.45, 7) is 0. The van der Waals surface area contributed by atoms with Crippen LogP contribution in [0.15, 0.2) is 41.1 Å². The second-order valence-electron chi connectivity index (χ2n) is 5.16. The molecule has 0 fully saturated rings. The molecule has 0 radical (unpaired) electrons. The fourth-order valence-electron chi connectivity index (χ4n) is 2.67. The first-order chi connectivity index (χ1) is 10.3. The first kappa shape index (κ1) is 14.1. The molecule has 1 atom stereocenters. The Morgan fingerprint density at radius 1 is 1.43 bits per heavy atom. The molecule has 4 nitrogen and oxygen atoms in total. The zero-order valence-electron chi connectivity index (χ0n) is 12.0. The molecule has 2 N–H and O–H groups in total. The molecule has 1 aromatic carbocycles.